The lowest BCUT2D eigenvalue weighted by molar-refractivity contribution is 0.0275. The molecule has 1 N–H and O–H groups in total. The maximum absolute atomic E-state index is 14.6. The highest BCUT2D eigenvalue weighted by Crippen LogP contribution is 2.35. The number of ether oxygens (including phenoxy) is 2. The maximum atomic E-state index is 14.6. The summed E-state index contributed by atoms with van der Waals surface area (Å²) in [5, 5.41) is 3.72. The number of carbonyl (C=O) groups excluding carboxylic acids is 2. The van der Waals surface area contributed by atoms with Crippen LogP contribution in [0.3, 0.4) is 0 Å². The number of aromatic nitrogens is 1. The van der Waals surface area contributed by atoms with Crippen LogP contribution in [0.1, 0.15) is 75.5 Å². The fraction of sp³-hybridized carbons (Fsp3) is 0.444. The summed E-state index contributed by atoms with van der Waals surface area (Å²) in [5.41, 5.74) is 1.16. The molecule has 1 saturated heterocycles. The van der Waals surface area contributed by atoms with Crippen molar-refractivity contribution in [2.24, 2.45) is 0 Å². The molecule has 0 spiro atoms. The van der Waals surface area contributed by atoms with Gasteiger partial charge in [-0.3, -0.25) is 4.79 Å². The Morgan fingerprint density at radius 3 is 2.53 bits per heavy atom. The summed E-state index contributed by atoms with van der Waals surface area (Å²) in [6.07, 6.45) is 2.35. The van der Waals surface area contributed by atoms with Gasteiger partial charge >= 0.3 is 6.09 Å². The molecule has 9 heteroatoms. The minimum atomic E-state index is -2.12. The molecule has 2 heterocycles. The fourth-order valence-electron chi connectivity index (χ4n) is 5.97. The van der Waals surface area contributed by atoms with E-state index in [2.05, 4.69) is 23.7 Å². The van der Waals surface area contributed by atoms with Crippen LogP contribution < -0.4 is 10.1 Å². The second kappa shape index (κ2) is 12.7. The Morgan fingerprint density at radius 2 is 1.87 bits per heavy atom. The van der Waals surface area contributed by atoms with Crippen molar-refractivity contribution in [3.8, 4) is 5.75 Å². The van der Waals surface area contributed by atoms with E-state index in [-0.39, 0.29) is 30.6 Å². The van der Waals surface area contributed by atoms with Gasteiger partial charge in [0.05, 0.1) is 17.6 Å². The Hall–Kier alpha value is -4.14. The van der Waals surface area contributed by atoms with E-state index in [1.165, 1.54) is 25.2 Å². The van der Waals surface area contributed by atoms with Crippen LogP contribution in [0.4, 0.5) is 13.6 Å². The normalized spacial score (nSPS) is 21.7. The van der Waals surface area contributed by atoms with Gasteiger partial charge in [0.25, 0.3) is 5.91 Å². The molecule has 2 amide bonds. The number of amides is 2. The molecule has 2 aromatic carbocycles. The monoisotopic (exact) mass is 619 g/mol. The van der Waals surface area contributed by atoms with Crippen molar-refractivity contribution in [3.05, 3.63) is 89.2 Å². The molecular weight excluding hydrogens is 576 g/mol. The van der Waals surface area contributed by atoms with E-state index in [1.54, 1.807) is 4.90 Å². The summed E-state index contributed by atoms with van der Waals surface area (Å²) in [4.78, 5) is 28.1. The third-order valence-electron chi connectivity index (χ3n) is 8.07. The second-order valence-electron chi connectivity index (χ2n) is 13.4. The number of likely N-dealkylation sites (tertiary alicyclic amines) is 1. The number of benzene rings is 2. The number of hydrogen-bond donors (Lipinski definition) is 1. The highest BCUT2D eigenvalue weighted by molar-refractivity contribution is 6.09. The van der Waals surface area contributed by atoms with Crippen molar-refractivity contribution >= 4 is 22.9 Å². The summed E-state index contributed by atoms with van der Waals surface area (Å²) in [7, 11) is 0. The van der Waals surface area contributed by atoms with E-state index >= 15 is 0 Å². The Kier molecular flexibility index (Phi) is 9.10. The van der Waals surface area contributed by atoms with Crippen LogP contribution in [0.25, 0.3) is 10.9 Å². The zero-order valence-electron chi connectivity index (χ0n) is 26.9. The van der Waals surface area contributed by atoms with Crippen molar-refractivity contribution in [2.75, 3.05) is 19.6 Å². The summed E-state index contributed by atoms with van der Waals surface area (Å²) < 4.78 is 42.6. The van der Waals surface area contributed by atoms with Crippen LogP contribution >= 0.6 is 0 Å². The Labute approximate surface area is 263 Å². The Balaban J connectivity index is 1.45. The fourth-order valence-corrected chi connectivity index (χ4v) is 5.97. The number of fused-ring (bicyclic) bond motifs is 1. The topological polar surface area (TPSA) is 72.8 Å². The minimum Gasteiger partial charge on any atom is -0.488 e. The van der Waals surface area contributed by atoms with Gasteiger partial charge in [0.1, 0.15) is 17.5 Å². The lowest BCUT2D eigenvalue weighted by Gasteiger charge is -2.24. The number of nitrogens with one attached hydrogen (secondary N) is 1. The number of nitrogens with zero attached hydrogens (tertiary/aromatic N) is 2. The number of alkyl halides is 2. The van der Waals surface area contributed by atoms with E-state index < -0.39 is 17.4 Å². The molecule has 3 unspecified atom stereocenters. The van der Waals surface area contributed by atoms with Gasteiger partial charge < -0.3 is 24.3 Å². The van der Waals surface area contributed by atoms with Crippen molar-refractivity contribution in [1.82, 2.24) is 14.8 Å². The van der Waals surface area contributed by atoms with Crippen molar-refractivity contribution in [1.29, 1.82) is 0 Å². The quantitative estimate of drug-likeness (QED) is 0.284. The van der Waals surface area contributed by atoms with Crippen LogP contribution in [-0.4, -0.2) is 64.6 Å². The average molecular weight is 620 g/mol. The van der Waals surface area contributed by atoms with Crippen LogP contribution in [0.2, 0.25) is 0 Å². The molecule has 2 aliphatic rings. The van der Waals surface area contributed by atoms with Crippen LogP contribution in [0.15, 0.2) is 72.3 Å². The molecule has 0 radical (unpaired) electrons. The molecule has 1 aromatic heterocycles. The van der Waals surface area contributed by atoms with Gasteiger partial charge in [-0.25, -0.2) is 13.6 Å². The lowest BCUT2D eigenvalue weighted by atomic mass is 9.93. The van der Waals surface area contributed by atoms with E-state index in [1.807, 2.05) is 69.3 Å². The van der Waals surface area contributed by atoms with Crippen molar-refractivity contribution in [2.45, 2.75) is 84.0 Å². The van der Waals surface area contributed by atoms with E-state index in [4.69, 9.17) is 9.47 Å². The first kappa shape index (κ1) is 32.3. The van der Waals surface area contributed by atoms with Gasteiger partial charge in [-0.2, -0.15) is 0 Å². The largest absolute Gasteiger partial charge is 0.488 e. The lowest BCUT2D eigenvalue weighted by Crippen LogP contribution is -2.36. The number of carbonyl (C=O) groups is 2. The number of allylic oxidation sites excluding steroid dienone is 2. The van der Waals surface area contributed by atoms with Gasteiger partial charge in [0, 0.05) is 43.2 Å². The van der Waals surface area contributed by atoms with Gasteiger partial charge in [-0.15, -0.1) is 0 Å². The first-order valence-corrected chi connectivity index (χ1v) is 15.6. The Bertz CT molecular complexity index is 1620. The molecule has 1 aliphatic carbocycles. The summed E-state index contributed by atoms with van der Waals surface area (Å²) >= 11 is 0. The smallest absolute Gasteiger partial charge is 0.410 e. The molecule has 7 nitrogen and oxygen atoms in total. The zero-order valence-corrected chi connectivity index (χ0v) is 26.9. The summed E-state index contributed by atoms with van der Waals surface area (Å²) in [6.45, 7) is 12.4. The highest BCUT2D eigenvalue weighted by Gasteiger charge is 2.34. The number of rotatable bonds is 8. The first-order chi connectivity index (χ1) is 21.2. The molecule has 0 saturated carbocycles. The zero-order chi connectivity index (χ0) is 32.5. The predicted molar refractivity (Wildman–Crippen MR) is 172 cm³/mol. The first-order valence-electron chi connectivity index (χ1n) is 15.6. The van der Waals surface area contributed by atoms with Crippen LogP contribution in [-0.2, 0) is 11.3 Å². The molecule has 45 heavy (non-hydrogen) atoms. The van der Waals surface area contributed by atoms with E-state index in [0.717, 1.165) is 22.2 Å². The van der Waals surface area contributed by atoms with Gasteiger partial charge in [-0.05, 0) is 69.0 Å². The molecule has 3 atom stereocenters. The number of halogens is 2. The predicted octanol–water partition coefficient (Wildman–Crippen LogP) is 7.49. The van der Waals surface area contributed by atoms with Crippen LogP contribution in [0.5, 0.6) is 5.75 Å². The molecule has 1 aliphatic heterocycles. The average Bonchev–Trinajstić information content (AvgIpc) is 3.56. The number of hydrogen-bond acceptors (Lipinski definition) is 4. The van der Waals surface area contributed by atoms with E-state index in [0.29, 0.717) is 42.9 Å². The standard InChI is InChI=1S/C36H43F2N3O4/c1-23(2)32-31(33(42)39-20-25-12-15-30(37)36(6,38)19-25)28-14-13-26(18-29(28)41(32)21-24-10-8-7-9-11-24)44-27-16-17-40(22-27)34(43)45-35(3,4)5/h7-15,18-19,23,27,30H,16-17,20-22H2,1-6H3,(H,39,42). The third kappa shape index (κ3) is 7.40. The maximum Gasteiger partial charge on any atom is 0.410 e. The van der Waals surface area contributed by atoms with E-state index in [9.17, 15) is 18.4 Å². The second-order valence-corrected chi connectivity index (χ2v) is 13.4. The minimum absolute atomic E-state index is 0.00123. The molecule has 5 rings (SSSR count). The van der Waals surface area contributed by atoms with Gasteiger partial charge in [0.2, 0.25) is 0 Å². The van der Waals surface area contributed by atoms with Crippen LogP contribution in [0, 0.1) is 0 Å². The van der Waals surface area contributed by atoms with Crippen molar-refractivity contribution < 1.29 is 27.8 Å². The summed E-state index contributed by atoms with van der Waals surface area (Å²) in [6, 6.07) is 15.8. The molecular formula is C36H43F2N3O4. The Morgan fingerprint density at radius 1 is 1.13 bits per heavy atom. The molecule has 1 fully saturated rings. The van der Waals surface area contributed by atoms with Gasteiger partial charge in [0.15, 0.2) is 11.8 Å². The SMILES string of the molecule is CC(C)c1c(C(=O)NCC2=CC(C)(F)C(F)C=C2)c2ccc(OC3CCN(C(=O)OC(C)(C)C)C3)cc2n1Cc1ccccc1. The summed E-state index contributed by atoms with van der Waals surface area (Å²) in [5.74, 6) is 0.358. The molecule has 240 valence electrons. The van der Waals surface area contributed by atoms with Gasteiger partial charge in [-0.1, -0.05) is 50.3 Å². The molecule has 0 bridgehead atoms. The van der Waals surface area contributed by atoms with Crippen molar-refractivity contribution in [3.63, 3.8) is 0 Å². The molecule has 3 aromatic rings. The highest BCUT2D eigenvalue weighted by atomic mass is 19.2. The third-order valence-corrected chi connectivity index (χ3v) is 8.07.